The second-order valence-electron chi connectivity index (χ2n) is 5.20. The molecule has 0 bridgehead atoms. The van der Waals surface area contributed by atoms with Crippen LogP contribution in [0.4, 0.5) is 0 Å². The van der Waals surface area contributed by atoms with Crippen molar-refractivity contribution in [1.29, 1.82) is 0 Å². The first-order valence-electron chi connectivity index (χ1n) is 6.78. The third kappa shape index (κ3) is 3.24. The number of carbonyl (C=O) groups excluding carboxylic acids is 1. The first-order chi connectivity index (χ1) is 9.11. The molecule has 2 rings (SSSR count). The van der Waals surface area contributed by atoms with E-state index in [1.165, 1.54) is 11.1 Å². The smallest absolute Gasteiger partial charge is 0.246 e. The molecule has 1 amide bonds. The Hall–Kier alpha value is -1.61. The van der Waals surface area contributed by atoms with Crippen molar-refractivity contribution >= 4 is 12.0 Å². The highest BCUT2D eigenvalue weighted by Crippen LogP contribution is 2.18. The Bertz CT molecular complexity index is 494. The van der Waals surface area contributed by atoms with E-state index in [1.807, 2.05) is 25.1 Å². The van der Waals surface area contributed by atoms with Crippen LogP contribution in [0.1, 0.15) is 29.5 Å². The first kappa shape index (κ1) is 13.8. The number of nitrogens with zero attached hydrogens (tertiary/aromatic N) is 1. The lowest BCUT2D eigenvalue weighted by Gasteiger charge is -2.21. The number of benzene rings is 1. The van der Waals surface area contributed by atoms with Crippen molar-refractivity contribution in [2.24, 2.45) is 0 Å². The number of hydrogen-bond acceptors (Lipinski definition) is 2. The van der Waals surface area contributed by atoms with E-state index in [-0.39, 0.29) is 18.6 Å². The second-order valence-corrected chi connectivity index (χ2v) is 5.20. The Kier molecular flexibility index (Phi) is 4.38. The first-order valence-corrected chi connectivity index (χ1v) is 6.78. The molecule has 0 aliphatic carbocycles. The highest BCUT2D eigenvalue weighted by Gasteiger charge is 2.26. The molecule has 1 atom stereocenters. The van der Waals surface area contributed by atoms with Crippen LogP contribution >= 0.6 is 0 Å². The van der Waals surface area contributed by atoms with Crippen LogP contribution in [-0.2, 0) is 4.79 Å². The van der Waals surface area contributed by atoms with Gasteiger partial charge in [-0.2, -0.15) is 0 Å². The maximum absolute atomic E-state index is 12.1. The summed E-state index contributed by atoms with van der Waals surface area (Å²) in [6.45, 7) is 4.91. The standard InChI is InChI=1S/C16H21NO2/c1-12-5-6-14(13(2)10-12)7-8-16(19)17-9-3-4-15(17)11-18/h5-8,10,15,18H,3-4,9,11H2,1-2H3. The van der Waals surface area contributed by atoms with Gasteiger partial charge in [0.05, 0.1) is 12.6 Å². The molecule has 0 spiro atoms. The Morgan fingerprint density at radius 3 is 2.95 bits per heavy atom. The van der Waals surface area contributed by atoms with Crippen molar-refractivity contribution in [2.45, 2.75) is 32.7 Å². The molecule has 1 aromatic rings. The van der Waals surface area contributed by atoms with Gasteiger partial charge < -0.3 is 10.0 Å². The number of likely N-dealkylation sites (tertiary alicyclic amines) is 1. The maximum Gasteiger partial charge on any atom is 0.246 e. The highest BCUT2D eigenvalue weighted by atomic mass is 16.3. The Morgan fingerprint density at radius 2 is 2.26 bits per heavy atom. The molecule has 1 fully saturated rings. The van der Waals surface area contributed by atoms with Crippen molar-refractivity contribution in [3.05, 3.63) is 41.0 Å². The van der Waals surface area contributed by atoms with Gasteiger partial charge in [-0.05, 0) is 43.9 Å². The number of hydrogen-bond donors (Lipinski definition) is 1. The lowest BCUT2D eigenvalue weighted by Crippen LogP contribution is -2.36. The lowest BCUT2D eigenvalue weighted by atomic mass is 10.1. The van der Waals surface area contributed by atoms with Crippen molar-refractivity contribution in [1.82, 2.24) is 4.90 Å². The molecule has 102 valence electrons. The van der Waals surface area contributed by atoms with Gasteiger partial charge in [-0.3, -0.25) is 4.79 Å². The van der Waals surface area contributed by atoms with Crippen LogP contribution in [0.15, 0.2) is 24.3 Å². The minimum Gasteiger partial charge on any atom is -0.394 e. The quantitative estimate of drug-likeness (QED) is 0.846. The van der Waals surface area contributed by atoms with Gasteiger partial charge in [-0.25, -0.2) is 0 Å². The molecule has 3 heteroatoms. The van der Waals surface area contributed by atoms with E-state index < -0.39 is 0 Å². The summed E-state index contributed by atoms with van der Waals surface area (Å²) >= 11 is 0. The summed E-state index contributed by atoms with van der Waals surface area (Å²) in [5, 5.41) is 9.23. The number of carbonyl (C=O) groups is 1. The minimum atomic E-state index is -0.00346. The number of amides is 1. The largest absolute Gasteiger partial charge is 0.394 e. The van der Waals surface area contributed by atoms with E-state index in [2.05, 4.69) is 13.0 Å². The van der Waals surface area contributed by atoms with Crippen LogP contribution in [0.25, 0.3) is 6.08 Å². The molecule has 19 heavy (non-hydrogen) atoms. The van der Waals surface area contributed by atoms with Crippen LogP contribution in [0.3, 0.4) is 0 Å². The average Bonchev–Trinajstić information content (AvgIpc) is 2.85. The third-order valence-electron chi connectivity index (χ3n) is 3.70. The summed E-state index contributed by atoms with van der Waals surface area (Å²) in [6.07, 6.45) is 5.36. The molecular weight excluding hydrogens is 238 g/mol. The Morgan fingerprint density at radius 1 is 1.47 bits per heavy atom. The number of aliphatic hydroxyl groups excluding tert-OH is 1. The fraction of sp³-hybridized carbons (Fsp3) is 0.438. The van der Waals surface area contributed by atoms with Crippen molar-refractivity contribution in [2.75, 3.05) is 13.2 Å². The Balaban J connectivity index is 2.07. The monoisotopic (exact) mass is 259 g/mol. The van der Waals surface area contributed by atoms with E-state index in [0.717, 1.165) is 24.9 Å². The fourth-order valence-corrected chi connectivity index (χ4v) is 2.59. The summed E-state index contributed by atoms with van der Waals surface area (Å²) < 4.78 is 0. The summed E-state index contributed by atoms with van der Waals surface area (Å²) in [5.74, 6) is -0.00322. The van der Waals surface area contributed by atoms with Gasteiger partial charge in [0.15, 0.2) is 0 Å². The number of aliphatic hydroxyl groups is 1. The topological polar surface area (TPSA) is 40.5 Å². The molecule has 1 aliphatic rings. The molecule has 0 saturated carbocycles. The lowest BCUT2D eigenvalue weighted by molar-refractivity contribution is -0.127. The van der Waals surface area contributed by atoms with Crippen LogP contribution in [0.2, 0.25) is 0 Å². The summed E-state index contributed by atoms with van der Waals surface area (Å²) in [5.41, 5.74) is 3.46. The number of rotatable bonds is 3. The molecule has 1 heterocycles. The predicted molar refractivity (Wildman–Crippen MR) is 76.8 cm³/mol. The van der Waals surface area contributed by atoms with E-state index in [1.54, 1.807) is 11.0 Å². The van der Waals surface area contributed by atoms with Gasteiger partial charge in [0.25, 0.3) is 0 Å². The summed E-state index contributed by atoms with van der Waals surface area (Å²) in [7, 11) is 0. The summed E-state index contributed by atoms with van der Waals surface area (Å²) in [6, 6.07) is 6.18. The summed E-state index contributed by atoms with van der Waals surface area (Å²) in [4.78, 5) is 13.9. The van der Waals surface area contributed by atoms with E-state index >= 15 is 0 Å². The Labute approximate surface area is 114 Å². The highest BCUT2D eigenvalue weighted by molar-refractivity contribution is 5.92. The second kappa shape index (κ2) is 6.02. The molecule has 1 aromatic carbocycles. The number of aryl methyl sites for hydroxylation is 2. The SMILES string of the molecule is Cc1ccc(C=CC(=O)N2CCCC2CO)c(C)c1. The molecule has 1 N–H and O–H groups in total. The van der Waals surface area contributed by atoms with Crippen LogP contribution in [0.5, 0.6) is 0 Å². The zero-order valence-electron chi connectivity index (χ0n) is 11.6. The predicted octanol–water partition coefficient (Wildman–Crippen LogP) is 2.30. The van der Waals surface area contributed by atoms with E-state index in [4.69, 9.17) is 0 Å². The fourth-order valence-electron chi connectivity index (χ4n) is 2.59. The van der Waals surface area contributed by atoms with Crippen LogP contribution in [0, 0.1) is 13.8 Å². The maximum atomic E-state index is 12.1. The van der Waals surface area contributed by atoms with Crippen molar-refractivity contribution in [3.8, 4) is 0 Å². The molecular formula is C16H21NO2. The normalized spacial score (nSPS) is 19.3. The van der Waals surface area contributed by atoms with E-state index in [0.29, 0.717) is 0 Å². The van der Waals surface area contributed by atoms with Gasteiger partial charge in [0.1, 0.15) is 0 Å². The molecule has 1 aliphatic heterocycles. The van der Waals surface area contributed by atoms with Gasteiger partial charge >= 0.3 is 0 Å². The molecule has 1 unspecified atom stereocenters. The molecule has 0 radical (unpaired) electrons. The van der Waals surface area contributed by atoms with Crippen molar-refractivity contribution in [3.63, 3.8) is 0 Å². The van der Waals surface area contributed by atoms with Gasteiger partial charge in [-0.1, -0.05) is 23.8 Å². The van der Waals surface area contributed by atoms with Gasteiger partial charge in [0, 0.05) is 12.6 Å². The molecule has 3 nitrogen and oxygen atoms in total. The zero-order chi connectivity index (χ0) is 13.8. The molecule has 1 saturated heterocycles. The van der Waals surface area contributed by atoms with Crippen molar-refractivity contribution < 1.29 is 9.90 Å². The zero-order valence-corrected chi connectivity index (χ0v) is 11.6. The van der Waals surface area contributed by atoms with E-state index in [9.17, 15) is 9.90 Å². The third-order valence-corrected chi connectivity index (χ3v) is 3.70. The van der Waals surface area contributed by atoms with Crippen LogP contribution in [-0.4, -0.2) is 35.1 Å². The van der Waals surface area contributed by atoms with Crippen LogP contribution < -0.4 is 0 Å². The van der Waals surface area contributed by atoms with Gasteiger partial charge in [-0.15, -0.1) is 0 Å². The average molecular weight is 259 g/mol. The van der Waals surface area contributed by atoms with Gasteiger partial charge in [0.2, 0.25) is 5.91 Å². The minimum absolute atomic E-state index is 0.00322. The molecule has 0 aromatic heterocycles.